The van der Waals surface area contributed by atoms with Crippen LogP contribution in [-0.4, -0.2) is 22.8 Å². The zero-order valence-electron chi connectivity index (χ0n) is 30.5. The standard InChI is InChI=1S/C48H41N3O2/c1-5-52-37-22-17-33(18-23-37)50(34-19-24-38(25-20-34)53-6-2)36-21-26-46-41(29-36)42-30-40-39-14-7-8-15-43(39)48(3,4)44(40)31-47(42)51(46)35-13-11-12-32(28-35)45-16-9-10-27-49-45/h7-31H,5-6H2,1-4H3. The third-order valence-corrected chi connectivity index (χ3v) is 10.6. The zero-order chi connectivity index (χ0) is 36.1. The highest BCUT2D eigenvalue weighted by molar-refractivity contribution is 6.13. The minimum atomic E-state index is -0.125. The molecule has 0 N–H and O–H groups in total. The molecule has 260 valence electrons. The Labute approximate surface area is 310 Å². The highest BCUT2D eigenvalue weighted by Gasteiger charge is 2.36. The molecule has 0 atom stereocenters. The molecule has 0 bridgehead atoms. The summed E-state index contributed by atoms with van der Waals surface area (Å²) in [5.74, 6) is 1.71. The van der Waals surface area contributed by atoms with Gasteiger partial charge in [-0.25, -0.2) is 0 Å². The first-order chi connectivity index (χ1) is 25.9. The van der Waals surface area contributed by atoms with Crippen molar-refractivity contribution in [2.45, 2.75) is 33.1 Å². The molecule has 0 saturated carbocycles. The molecular weight excluding hydrogens is 651 g/mol. The first-order valence-electron chi connectivity index (χ1n) is 18.4. The van der Waals surface area contributed by atoms with Gasteiger partial charge in [-0.2, -0.15) is 0 Å². The Balaban J connectivity index is 1.29. The Morgan fingerprint density at radius 1 is 0.566 bits per heavy atom. The fraction of sp³-hybridized carbons (Fsp3) is 0.146. The monoisotopic (exact) mass is 691 g/mol. The van der Waals surface area contributed by atoms with Crippen LogP contribution in [0.5, 0.6) is 11.5 Å². The van der Waals surface area contributed by atoms with E-state index < -0.39 is 0 Å². The van der Waals surface area contributed by atoms with Crippen LogP contribution >= 0.6 is 0 Å². The van der Waals surface area contributed by atoms with Gasteiger partial charge in [-0.15, -0.1) is 0 Å². The van der Waals surface area contributed by atoms with Crippen LogP contribution in [0.1, 0.15) is 38.8 Å². The van der Waals surface area contributed by atoms with E-state index >= 15 is 0 Å². The van der Waals surface area contributed by atoms with Crippen molar-refractivity contribution in [2.75, 3.05) is 18.1 Å². The third kappa shape index (κ3) is 5.51. The van der Waals surface area contributed by atoms with Crippen molar-refractivity contribution in [1.82, 2.24) is 9.55 Å². The zero-order valence-corrected chi connectivity index (χ0v) is 30.5. The fourth-order valence-corrected chi connectivity index (χ4v) is 8.12. The molecule has 5 heteroatoms. The van der Waals surface area contributed by atoms with Crippen LogP contribution in [0, 0.1) is 0 Å². The van der Waals surface area contributed by atoms with Crippen molar-refractivity contribution in [3.05, 3.63) is 163 Å². The summed E-state index contributed by atoms with van der Waals surface area (Å²) >= 11 is 0. The first-order valence-corrected chi connectivity index (χ1v) is 18.4. The maximum absolute atomic E-state index is 5.82. The molecule has 0 radical (unpaired) electrons. The van der Waals surface area contributed by atoms with Crippen LogP contribution in [0.2, 0.25) is 0 Å². The number of hydrogen-bond donors (Lipinski definition) is 0. The molecule has 0 fully saturated rings. The van der Waals surface area contributed by atoms with Crippen molar-refractivity contribution >= 4 is 38.9 Å². The largest absolute Gasteiger partial charge is 0.494 e. The summed E-state index contributed by atoms with van der Waals surface area (Å²) in [6.45, 7) is 9.96. The smallest absolute Gasteiger partial charge is 0.119 e. The van der Waals surface area contributed by atoms with Crippen molar-refractivity contribution in [3.63, 3.8) is 0 Å². The van der Waals surface area contributed by atoms with E-state index in [4.69, 9.17) is 9.47 Å². The molecule has 0 aliphatic heterocycles. The van der Waals surface area contributed by atoms with Gasteiger partial charge in [-0.05, 0) is 139 Å². The molecule has 2 aromatic heterocycles. The summed E-state index contributed by atoms with van der Waals surface area (Å²) in [7, 11) is 0. The van der Waals surface area contributed by atoms with E-state index in [-0.39, 0.29) is 5.41 Å². The van der Waals surface area contributed by atoms with Crippen LogP contribution < -0.4 is 14.4 Å². The quantitative estimate of drug-likeness (QED) is 0.151. The Bertz CT molecular complexity index is 2560. The van der Waals surface area contributed by atoms with E-state index in [9.17, 15) is 0 Å². The van der Waals surface area contributed by atoms with Crippen LogP contribution in [0.3, 0.4) is 0 Å². The van der Waals surface area contributed by atoms with Crippen LogP contribution in [0.25, 0.3) is 49.9 Å². The molecule has 1 aliphatic carbocycles. The molecule has 53 heavy (non-hydrogen) atoms. The topological polar surface area (TPSA) is 39.5 Å². The number of hydrogen-bond acceptors (Lipinski definition) is 4. The van der Waals surface area contributed by atoms with Gasteiger partial charge in [0.25, 0.3) is 0 Å². The first kappa shape index (κ1) is 32.6. The minimum Gasteiger partial charge on any atom is -0.494 e. The molecule has 0 amide bonds. The number of benzene rings is 6. The fourth-order valence-electron chi connectivity index (χ4n) is 8.12. The van der Waals surface area contributed by atoms with E-state index in [0.29, 0.717) is 13.2 Å². The molecule has 1 aliphatic rings. The van der Waals surface area contributed by atoms with Gasteiger partial charge in [0.05, 0.1) is 29.9 Å². The summed E-state index contributed by atoms with van der Waals surface area (Å²) in [6, 6.07) is 52.1. The second-order valence-corrected chi connectivity index (χ2v) is 14.1. The summed E-state index contributed by atoms with van der Waals surface area (Å²) < 4.78 is 14.1. The lowest BCUT2D eigenvalue weighted by Crippen LogP contribution is -2.14. The van der Waals surface area contributed by atoms with Crippen LogP contribution in [0.4, 0.5) is 17.1 Å². The second kappa shape index (κ2) is 13.0. The van der Waals surface area contributed by atoms with E-state index in [0.717, 1.165) is 51.0 Å². The predicted octanol–water partition coefficient (Wildman–Crippen LogP) is 12.4. The second-order valence-electron chi connectivity index (χ2n) is 14.1. The molecule has 8 aromatic rings. The van der Waals surface area contributed by atoms with Gasteiger partial charge in [0, 0.05) is 50.7 Å². The van der Waals surface area contributed by atoms with E-state index in [1.165, 1.54) is 38.5 Å². The van der Waals surface area contributed by atoms with Crippen molar-refractivity contribution in [1.29, 1.82) is 0 Å². The average Bonchev–Trinajstić information content (AvgIpc) is 3.63. The van der Waals surface area contributed by atoms with Crippen LogP contribution in [0.15, 0.2) is 152 Å². The van der Waals surface area contributed by atoms with Gasteiger partial charge in [-0.3, -0.25) is 4.98 Å². The summed E-state index contributed by atoms with van der Waals surface area (Å²) in [5, 5.41) is 2.40. The number of ether oxygens (including phenoxy) is 2. The molecule has 2 heterocycles. The lowest BCUT2D eigenvalue weighted by atomic mass is 9.82. The van der Waals surface area contributed by atoms with Gasteiger partial charge in [0.15, 0.2) is 0 Å². The Morgan fingerprint density at radius 2 is 1.23 bits per heavy atom. The number of pyridine rings is 1. The maximum Gasteiger partial charge on any atom is 0.119 e. The van der Waals surface area contributed by atoms with E-state index in [2.05, 4.69) is 137 Å². The number of aromatic nitrogens is 2. The Kier molecular flexibility index (Phi) is 8.00. The highest BCUT2D eigenvalue weighted by Crippen LogP contribution is 2.51. The predicted molar refractivity (Wildman–Crippen MR) is 219 cm³/mol. The molecule has 6 aromatic carbocycles. The van der Waals surface area contributed by atoms with E-state index in [1.807, 2.05) is 56.4 Å². The molecule has 0 spiro atoms. The summed E-state index contributed by atoms with van der Waals surface area (Å²) in [6.07, 6.45) is 1.85. The molecule has 5 nitrogen and oxygen atoms in total. The van der Waals surface area contributed by atoms with Gasteiger partial charge in [0.2, 0.25) is 0 Å². The number of fused-ring (bicyclic) bond motifs is 6. The highest BCUT2D eigenvalue weighted by atomic mass is 16.5. The van der Waals surface area contributed by atoms with Crippen molar-refractivity contribution in [2.24, 2.45) is 0 Å². The summed E-state index contributed by atoms with van der Waals surface area (Å²) in [4.78, 5) is 6.98. The van der Waals surface area contributed by atoms with Crippen molar-refractivity contribution < 1.29 is 9.47 Å². The molecule has 0 saturated heterocycles. The third-order valence-electron chi connectivity index (χ3n) is 10.6. The lowest BCUT2D eigenvalue weighted by molar-refractivity contribution is 0.340. The number of anilines is 3. The number of nitrogens with zero attached hydrogens (tertiary/aromatic N) is 3. The lowest BCUT2D eigenvalue weighted by Gasteiger charge is -2.26. The normalized spacial score (nSPS) is 12.8. The number of rotatable bonds is 9. The van der Waals surface area contributed by atoms with Gasteiger partial charge >= 0.3 is 0 Å². The van der Waals surface area contributed by atoms with Gasteiger partial charge in [0.1, 0.15) is 11.5 Å². The SMILES string of the molecule is CCOc1ccc(N(c2ccc(OCC)cc2)c2ccc3c(c2)c2cc4c(cc2n3-c2cccc(-c3ccccn3)c2)C(C)(C)c2ccccc2-4)cc1. The molecule has 0 unspecified atom stereocenters. The van der Waals surface area contributed by atoms with E-state index in [1.54, 1.807) is 0 Å². The van der Waals surface area contributed by atoms with Gasteiger partial charge in [-0.1, -0.05) is 56.3 Å². The molecule has 9 rings (SSSR count). The Hall–Kier alpha value is -6.33. The Morgan fingerprint density at radius 3 is 1.91 bits per heavy atom. The van der Waals surface area contributed by atoms with Crippen LogP contribution in [-0.2, 0) is 5.41 Å². The van der Waals surface area contributed by atoms with Gasteiger partial charge < -0.3 is 18.9 Å². The average molecular weight is 692 g/mol. The molecular formula is C48H41N3O2. The summed E-state index contributed by atoms with van der Waals surface area (Å²) in [5.41, 5.74) is 13.8. The minimum absolute atomic E-state index is 0.125. The van der Waals surface area contributed by atoms with Crippen molar-refractivity contribution in [3.8, 4) is 39.6 Å². The maximum atomic E-state index is 5.82.